The number of H-pyrrole nitrogens is 1. The molecule has 2 aromatic carbocycles. The molecule has 0 aliphatic heterocycles. The van der Waals surface area contributed by atoms with E-state index < -0.39 is 11.1 Å². The lowest BCUT2D eigenvalue weighted by Crippen LogP contribution is -2.36. The monoisotopic (exact) mass is 394 g/mol. The zero-order chi connectivity index (χ0) is 20.8. The average molecular weight is 394 g/mol. The van der Waals surface area contributed by atoms with Gasteiger partial charge < -0.3 is 5.32 Å². The van der Waals surface area contributed by atoms with Crippen LogP contribution in [0.3, 0.4) is 0 Å². The highest BCUT2D eigenvalue weighted by Gasteiger charge is 2.10. The second-order valence-electron chi connectivity index (χ2n) is 6.93. The number of carbonyl (C=O) groups is 1. The third-order valence-corrected chi connectivity index (χ3v) is 5.00. The normalized spacial score (nSPS) is 11.1. The van der Waals surface area contributed by atoms with Gasteiger partial charge in [-0.15, -0.1) is 0 Å². The number of nitrogens with zero attached hydrogens (tertiary/aromatic N) is 2. The Morgan fingerprint density at radius 3 is 2.24 bits per heavy atom. The van der Waals surface area contributed by atoms with Crippen molar-refractivity contribution < 1.29 is 4.79 Å². The number of aromatic nitrogens is 2. The SMILES string of the molecule is CCN(CC)Cc1ccc(CNC(=O)Cn2[nH]c(=O)c3ccccc3c2=O)cc1. The van der Waals surface area contributed by atoms with Crippen LogP contribution >= 0.6 is 0 Å². The van der Waals surface area contributed by atoms with Crippen LogP contribution in [0.25, 0.3) is 10.8 Å². The molecule has 0 saturated carbocycles. The van der Waals surface area contributed by atoms with Gasteiger partial charge in [0.25, 0.3) is 11.1 Å². The molecule has 3 rings (SSSR count). The second-order valence-corrected chi connectivity index (χ2v) is 6.93. The first-order chi connectivity index (χ1) is 14.0. The van der Waals surface area contributed by atoms with Crippen molar-refractivity contribution in [1.29, 1.82) is 0 Å². The van der Waals surface area contributed by atoms with E-state index in [1.807, 2.05) is 12.1 Å². The Labute approximate surface area is 169 Å². The fourth-order valence-electron chi connectivity index (χ4n) is 3.23. The first-order valence-electron chi connectivity index (χ1n) is 9.80. The van der Waals surface area contributed by atoms with Crippen molar-refractivity contribution in [2.24, 2.45) is 0 Å². The Morgan fingerprint density at radius 2 is 1.59 bits per heavy atom. The second kappa shape index (κ2) is 9.34. The first-order valence-corrected chi connectivity index (χ1v) is 9.80. The van der Waals surface area contributed by atoms with Gasteiger partial charge in [0, 0.05) is 13.1 Å². The number of fused-ring (bicyclic) bond motifs is 1. The molecule has 0 spiro atoms. The summed E-state index contributed by atoms with van der Waals surface area (Å²) in [6.07, 6.45) is 0. The Bertz CT molecular complexity index is 1100. The maximum atomic E-state index is 12.5. The molecule has 1 aromatic heterocycles. The number of nitrogens with one attached hydrogen (secondary N) is 2. The molecule has 0 saturated heterocycles. The van der Waals surface area contributed by atoms with Crippen LogP contribution in [-0.2, 0) is 24.4 Å². The van der Waals surface area contributed by atoms with Gasteiger partial charge in [0.05, 0.1) is 10.8 Å². The molecule has 1 amide bonds. The summed E-state index contributed by atoms with van der Waals surface area (Å²) in [6, 6.07) is 14.7. The summed E-state index contributed by atoms with van der Waals surface area (Å²) in [7, 11) is 0. The van der Waals surface area contributed by atoms with E-state index in [1.165, 1.54) is 5.56 Å². The molecule has 29 heavy (non-hydrogen) atoms. The predicted octanol–water partition coefficient (Wildman–Crippen LogP) is 1.85. The fraction of sp³-hybridized carbons (Fsp3) is 0.318. The number of hydrogen-bond acceptors (Lipinski definition) is 4. The van der Waals surface area contributed by atoms with E-state index in [0.29, 0.717) is 17.3 Å². The molecule has 7 nitrogen and oxygen atoms in total. The van der Waals surface area contributed by atoms with E-state index in [2.05, 4.69) is 41.3 Å². The van der Waals surface area contributed by atoms with Crippen LogP contribution in [0.2, 0.25) is 0 Å². The third-order valence-electron chi connectivity index (χ3n) is 5.00. The smallest absolute Gasteiger partial charge is 0.273 e. The van der Waals surface area contributed by atoms with Crippen LogP contribution < -0.4 is 16.4 Å². The molecule has 0 atom stereocenters. The molecule has 0 fully saturated rings. The molecule has 152 valence electrons. The molecule has 0 bridgehead atoms. The van der Waals surface area contributed by atoms with Crippen LogP contribution in [0.4, 0.5) is 0 Å². The minimum Gasteiger partial charge on any atom is -0.350 e. The summed E-state index contributed by atoms with van der Waals surface area (Å²) in [5, 5.41) is 5.88. The summed E-state index contributed by atoms with van der Waals surface area (Å²) in [5.74, 6) is -0.342. The molecule has 0 radical (unpaired) electrons. The van der Waals surface area contributed by atoms with Crippen LogP contribution in [0.5, 0.6) is 0 Å². The van der Waals surface area contributed by atoms with E-state index in [4.69, 9.17) is 0 Å². The average Bonchev–Trinajstić information content (AvgIpc) is 2.75. The van der Waals surface area contributed by atoms with Crippen molar-refractivity contribution in [2.75, 3.05) is 13.1 Å². The lowest BCUT2D eigenvalue weighted by molar-refractivity contribution is -0.122. The Balaban J connectivity index is 1.62. The zero-order valence-electron chi connectivity index (χ0n) is 16.8. The van der Waals surface area contributed by atoms with Crippen LogP contribution in [0, 0.1) is 0 Å². The van der Waals surface area contributed by atoms with Gasteiger partial charge in [-0.3, -0.25) is 24.4 Å². The Morgan fingerprint density at radius 1 is 0.966 bits per heavy atom. The summed E-state index contributed by atoms with van der Waals surface area (Å²) in [4.78, 5) is 39.2. The topological polar surface area (TPSA) is 87.2 Å². The zero-order valence-corrected chi connectivity index (χ0v) is 16.8. The maximum absolute atomic E-state index is 12.5. The van der Waals surface area contributed by atoms with Crippen LogP contribution in [0.15, 0.2) is 58.1 Å². The molecular formula is C22H26N4O3. The standard InChI is InChI=1S/C22H26N4O3/c1-3-25(4-2)14-17-11-9-16(10-12-17)13-23-20(27)15-26-22(29)19-8-6-5-7-18(19)21(28)24-26/h5-12H,3-4,13-15H2,1-2H3,(H,23,27)(H,24,28). The molecule has 1 heterocycles. The molecule has 0 unspecified atom stereocenters. The molecule has 3 aromatic rings. The summed E-state index contributed by atoms with van der Waals surface area (Å²) in [5.41, 5.74) is 1.41. The van der Waals surface area contributed by atoms with Gasteiger partial charge in [0.1, 0.15) is 6.54 Å². The van der Waals surface area contributed by atoms with Gasteiger partial charge in [0.15, 0.2) is 0 Å². The van der Waals surface area contributed by atoms with Gasteiger partial charge in [-0.1, -0.05) is 50.2 Å². The van der Waals surface area contributed by atoms with E-state index in [0.717, 1.165) is 29.9 Å². The van der Waals surface area contributed by atoms with E-state index in [1.54, 1.807) is 24.3 Å². The largest absolute Gasteiger partial charge is 0.350 e. The first kappa shape index (κ1) is 20.5. The van der Waals surface area contributed by atoms with Crippen molar-refractivity contribution in [1.82, 2.24) is 20.0 Å². The number of hydrogen-bond donors (Lipinski definition) is 2. The molecular weight excluding hydrogens is 368 g/mol. The lowest BCUT2D eigenvalue weighted by Gasteiger charge is -2.18. The van der Waals surface area contributed by atoms with Gasteiger partial charge in [0.2, 0.25) is 5.91 Å². The van der Waals surface area contributed by atoms with E-state index in [9.17, 15) is 14.4 Å². The van der Waals surface area contributed by atoms with E-state index >= 15 is 0 Å². The van der Waals surface area contributed by atoms with Gasteiger partial charge in [-0.25, -0.2) is 4.68 Å². The van der Waals surface area contributed by atoms with Gasteiger partial charge >= 0.3 is 0 Å². The van der Waals surface area contributed by atoms with Crippen molar-refractivity contribution >= 4 is 16.7 Å². The quantitative estimate of drug-likeness (QED) is 0.610. The Kier molecular flexibility index (Phi) is 6.61. The number of carbonyl (C=O) groups excluding carboxylic acids is 1. The Hall–Kier alpha value is -3.19. The van der Waals surface area contributed by atoms with Crippen LogP contribution in [-0.4, -0.2) is 33.7 Å². The lowest BCUT2D eigenvalue weighted by atomic mass is 10.1. The van der Waals surface area contributed by atoms with Crippen LogP contribution in [0.1, 0.15) is 25.0 Å². The number of rotatable bonds is 8. The minimum absolute atomic E-state index is 0.237. The minimum atomic E-state index is -0.392. The highest BCUT2D eigenvalue weighted by atomic mass is 16.2. The number of aromatic amines is 1. The highest BCUT2D eigenvalue weighted by Crippen LogP contribution is 2.08. The number of benzene rings is 2. The van der Waals surface area contributed by atoms with Gasteiger partial charge in [-0.05, 0) is 36.3 Å². The summed E-state index contributed by atoms with van der Waals surface area (Å²) in [6.45, 7) is 7.31. The predicted molar refractivity (Wildman–Crippen MR) is 114 cm³/mol. The highest BCUT2D eigenvalue weighted by molar-refractivity contribution is 5.81. The van der Waals surface area contributed by atoms with Crippen molar-refractivity contribution in [3.63, 3.8) is 0 Å². The maximum Gasteiger partial charge on any atom is 0.273 e. The van der Waals surface area contributed by atoms with Crippen molar-refractivity contribution in [2.45, 2.75) is 33.5 Å². The summed E-state index contributed by atoms with van der Waals surface area (Å²) < 4.78 is 1.05. The summed E-state index contributed by atoms with van der Waals surface area (Å²) >= 11 is 0. The molecule has 0 aliphatic rings. The molecule has 7 heteroatoms. The van der Waals surface area contributed by atoms with Crippen molar-refractivity contribution in [3.05, 3.63) is 80.4 Å². The van der Waals surface area contributed by atoms with E-state index in [-0.39, 0.29) is 12.5 Å². The van der Waals surface area contributed by atoms with Crippen molar-refractivity contribution in [3.8, 4) is 0 Å². The third kappa shape index (κ3) is 5.00. The fourth-order valence-corrected chi connectivity index (χ4v) is 3.23. The molecule has 2 N–H and O–H groups in total. The molecule has 0 aliphatic carbocycles. The number of amides is 1. The van der Waals surface area contributed by atoms with Gasteiger partial charge in [-0.2, -0.15) is 0 Å².